The number of rotatable bonds is 9. The van der Waals surface area contributed by atoms with Crippen LogP contribution in [0.1, 0.15) is 70.8 Å². The van der Waals surface area contributed by atoms with Crippen LogP contribution in [0.2, 0.25) is 0 Å². The molecule has 2 aromatic carbocycles. The van der Waals surface area contributed by atoms with Crippen LogP contribution in [0.15, 0.2) is 24.3 Å². The number of aryl methyl sites for hydroxylation is 3. The van der Waals surface area contributed by atoms with E-state index in [2.05, 4.69) is 52.8 Å². The van der Waals surface area contributed by atoms with Gasteiger partial charge in [-0.25, -0.2) is 0 Å². The third kappa shape index (κ3) is 6.49. The van der Waals surface area contributed by atoms with Gasteiger partial charge in [0.1, 0.15) is 5.75 Å². The Morgan fingerprint density at radius 3 is 2.25 bits per heavy atom. The van der Waals surface area contributed by atoms with Crippen molar-refractivity contribution in [3.8, 4) is 5.75 Å². The minimum absolute atomic E-state index is 0. The third-order valence-electron chi connectivity index (χ3n) is 5.30. The van der Waals surface area contributed by atoms with Gasteiger partial charge in [-0.05, 0) is 94.9 Å². The van der Waals surface area contributed by atoms with Crippen molar-refractivity contribution in [3.05, 3.63) is 57.6 Å². The summed E-state index contributed by atoms with van der Waals surface area (Å²) in [5.74, 6) is 0.906. The second-order valence-electron chi connectivity index (χ2n) is 7.48. The molecule has 0 aromatic heterocycles. The Kier molecular flexibility index (Phi) is 10.5. The summed E-state index contributed by atoms with van der Waals surface area (Å²) in [5.41, 5.74) is 6.93. The summed E-state index contributed by atoms with van der Waals surface area (Å²) < 4.78 is 5.86. The molecule has 2 aromatic rings. The smallest absolute Gasteiger partial charge is 0.494 e. The fraction of sp³-hybridized carbons (Fsp3) is 0.458. The first kappa shape index (κ1) is 25.0. The molecular weight excluding hydrogens is 358 g/mol. The molecule has 2 nitrogen and oxygen atoms in total. The quantitative estimate of drug-likeness (QED) is 0.372. The van der Waals surface area contributed by atoms with Gasteiger partial charge in [-0.15, -0.1) is 0 Å². The van der Waals surface area contributed by atoms with Gasteiger partial charge in [0.2, 0.25) is 0 Å². The zero-order valence-electron chi connectivity index (χ0n) is 18.7. The molecule has 0 saturated carbocycles. The molecule has 0 aliphatic heterocycles. The summed E-state index contributed by atoms with van der Waals surface area (Å²) in [6.07, 6.45) is 4.82. The number of hydrogen-bond donors (Lipinski definition) is 0. The average Bonchev–Trinajstić information content (AvgIpc) is 2.62. The van der Waals surface area contributed by atoms with Crippen molar-refractivity contribution in [2.24, 2.45) is 0 Å². The van der Waals surface area contributed by atoms with Crippen LogP contribution in [0.5, 0.6) is 5.75 Å². The Hall–Kier alpha value is -1.06. The van der Waals surface area contributed by atoms with Crippen LogP contribution in [-0.4, -0.2) is 12.1 Å². The Morgan fingerprint density at radius 1 is 0.893 bits per heavy atom. The summed E-state index contributed by atoms with van der Waals surface area (Å²) in [6.45, 7) is 13.4. The van der Waals surface area contributed by atoms with Gasteiger partial charge in [-0.2, -0.15) is 0 Å². The van der Waals surface area contributed by atoms with Gasteiger partial charge in [0.15, 0.2) is 5.52 Å². The maximum atomic E-state index is 13.0. The number of ether oxygens (including phenoxy) is 1. The first-order valence-electron chi connectivity index (χ1n) is 9.97. The van der Waals surface area contributed by atoms with E-state index in [0.717, 1.165) is 46.3 Å². The molecule has 28 heavy (non-hydrogen) atoms. The molecule has 4 heteroatoms. The van der Waals surface area contributed by atoms with Crippen molar-refractivity contribution in [3.63, 3.8) is 0 Å². The molecule has 0 amide bonds. The van der Waals surface area contributed by atoms with Crippen LogP contribution >= 0.6 is 8.58 Å². The summed E-state index contributed by atoms with van der Waals surface area (Å²) in [6, 6.07) is 8.25. The third-order valence-corrected chi connectivity index (χ3v) is 6.60. The molecule has 0 N–H and O–H groups in total. The van der Waals surface area contributed by atoms with E-state index in [1.165, 1.54) is 30.4 Å². The Balaban J connectivity index is 0.00000392. The molecule has 1 unspecified atom stereocenters. The van der Waals surface area contributed by atoms with E-state index < -0.39 is 0 Å². The van der Waals surface area contributed by atoms with Gasteiger partial charge in [0.05, 0.1) is 6.61 Å². The van der Waals surface area contributed by atoms with Gasteiger partial charge in [-0.1, -0.05) is 38.3 Å². The van der Waals surface area contributed by atoms with E-state index in [0.29, 0.717) is 0 Å². The number of unbranched alkanes of at least 4 members (excludes halogenated alkanes) is 3. The Bertz CT molecular complexity index is 815. The average molecular weight is 391 g/mol. The van der Waals surface area contributed by atoms with E-state index in [1.54, 1.807) is 0 Å². The van der Waals surface area contributed by atoms with Gasteiger partial charge in [-0.3, -0.25) is 4.79 Å². The largest absolute Gasteiger partial charge is 1.00 e. The maximum Gasteiger partial charge on any atom is 1.00 e. The topological polar surface area (TPSA) is 26.3 Å². The normalized spacial score (nSPS) is 10.9. The van der Waals surface area contributed by atoms with E-state index >= 15 is 0 Å². The van der Waals surface area contributed by atoms with Crippen molar-refractivity contribution < 1.29 is 28.4 Å². The molecule has 2 rings (SSSR count). The fourth-order valence-electron chi connectivity index (χ4n) is 3.40. The predicted octanol–water partition coefficient (Wildman–Crippen LogP) is 3.34. The van der Waals surface area contributed by atoms with Crippen molar-refractivity contribution in [1.29, 1.82) is 0 Å². The molecule has 0 aliphatic carbocycles. The maximum absolute atomic E-state index is 13.0. The van der Waals surface area contributed by atoms with E-state index in [1.807, 2.05) is 13.0 Å². The standard InChI is InChI=1S/C24H33O2P.Li/c1-7-8-9-10-13-26-21-11-12-22(17(3)15-21)27-24(25)23-18(4)14-16(2)19(5)20(23)6;/h11-12,14-15,27H,7-10,13H2,1-6H3;/q;+1. The van der Waals surface area contributed by atoms with Crippen molar-refractivity contribution >= 4 is 19.4 Å². The van der Waals surface area contributed by atoms with Crippen LogP contribution in [0, 0.1) is 34.6 Å². The zero-order chi connectivity index (χ0) is 20.0. The minimum Gasteiger partial charge on any atom is -0.494 e. The van der Waals surface area contributed by atoms with Crippen LogP contribution in [0.4, 0.5) is 0 Å². The molecule has 0 fully saturated rings. The minimum atomic E-state index is 0. The van der Waals surface area contributed by atoms with Crippen LogP contribution in [0.25, 0.3) is 0 Å². The summed E-state index contributed by atoms with van der Waals surface area (Å²) >= 11 is 0. The molecule has 0 radical (unpaired) electrons. The van der Waals surface area contributed by atoms with Crippen molar-refractivity contribution in [2.45, 2.75) is 67.2 Å². The van der Waals surface area contributed by atoms with Crippen LogP contribution < -0.4 is 28.9 Å². The molecule has 1 atom stereocenters. The zero-order valence-corrected chi connectivity index (χ0v) is 19.7. The monoisotopic (exact) mass is 391 g/mol. The SMILES string of the molecule is CCCCCCOc1ccc(PC(=O)c2c(C)cc(C)c(C)c2C)c(C)c1.[Li+]. The summed E-state index contributed by atoms with van der Waals surface area (Å²) in [7, 11) is 0.145. The Morgan fingerprint density at radius 2 is 1.61 bits per heavy atom. The molecular formula is C24H33LiO2P+. The van der Waals surface area contributed by atoms with Crippen LogP contribution in [0.3, 0.4) is 0 Å². The second-order valence-corrected chi connectivity index (χ2v) is 8.72. The predicted molar refractivity (Wildman–Crippen MR) is 118 cm³/mol. The number of carbonyl (C=O) groups excluding carboxylic acids is 1. The molecule has 0 saturated heterocycles. The molecule has 0 aliphatic rings. The first-order valence-corrected chi connectivity index (χ1v) is 11.0. The molecule has 146 valence electrons. The van der Waals surface area contributed by atoms with Gasteiger partial charge in [0.25, 0.3) is 0 Å². The second kappa shape index (κ2) is 11.8. The molecule has 0 bridgehead atoms. The van der Waals surface area contributed by atoms with Gasteiger partial charge >= 0.3 is 18.9 Å². The van der Waals surface area contributed by atoms with E-state index in [-0.39, 0.29) is 33.0 Å². The van der Waals surface area contributed by atoms with Crippen molar-refractivity contribution in [1.82, 2.24) is 0 Å². The van der Waals surface area contributed by atoms with Gasteiger partial charge < -0.3 is 4.74 Å². The first-order chi connectivity index (χ1) is 12.8. The number of hydrogen-bond acceptors (Lipinski definition) is 2. The van der Waals surface area contributed by atoms with Crippen molar-refractivity contribution in [2.75, 3.05) is 6.61 Å². The summed E-state index contributed by atoms with van der Waals surface area (Å²) in [5, 5.41) is 1.11. The fourth-order valence-corrected chi connectivity index (χ4v) is 4.59. The summed E-state index contributed by atoms with van der Waals surface area (Å²) in [4.78, 5) is 13.0. The molecule has 0 heterocycles. The number of carbonyl (C=O) groups is 1. The molecule has 0 spiro atoms. The number of benzene rings is 2. The van der Waals surface area contributed by atoms with Crippen LogP contribution in [-0.2, 0) is 0 Å². The van der Waals surface area contributed by atoms with E-state index in [4.69, 9.17) is 4.74 Å². The Labute approximate surface area is 184 Å². The van der Waals surface area contributed by atoms with E-state index in [9.17, 15) is 4.79 Å². The van der Waals surface area contributed by atoms with Gasteiger partial charge in [0, 0.05) is 5.56 Å².